The van der Waals surface area contributed by atoms with Gasteiger partial charge in [0.15, 0.2) is 0 Å². The highest BCUT2D eigenvalue weighted by Crippen LogP contribution is 2.14. The predicted molar refractivity (Wildman–Crippen MR) is 80.0 cm³/mol. The Bertz CT molecular complexity index is 905. The molecule has 22 heavy (non-hydrogen) atoms. The van der Waals surface area contributed by atoms with Crippen molar-refractivity contribution in [2.75, 3.05) is 0 Å². The van der Waals surface area contributed by atoms with Crippen LogP contribution in [0.25, 0.3) is 17.0 Å². The average Bonchev–Trinajstić information content (AvgIpc) is 3.26. The summed E-state index contributed by atoms with van der Waals surface area (Å²) >= 11 is 0. The van der Waals surface area contributed by atoms with Gasteiger partial charge >= 0.3 is 0 Å². The van der Waals surface area contributed by atoms with Crippen molar-refractivity contribution < 1.29 is 5.11 Å². The minimum absolute atomic E-state index is 0.0199. The summed E-state index contributed by atoms with van der Waals surface area (Å²) in [6, 6.07) is 7.64. The van der Waals surface area contributed by atoms with Gasteiger partial charge in [0.25, 0.3) is 0 Å². The van der Waals surface area contributed by atoms with Gasteiger partial charge in [-0.3, -0.25) is 0 Å². The van der Waals surface area contributed by atoms with Gasteiger partial charge < -0.3 is 14.5 Å². The molecule has 0 aliphatic rings. The zero-order valence-corrected chi connectivity index (χ0v) is 11.7. The number of aliphatic hydroxyl groups excluding tert-OH is 1. The number of aromatic nitrogens is 6. The van der Waals surface area contributed by atoms with Crippen molar-refractivity contribution in [3.8, 4) is 11.4 Å². The highest BCUT2D eigenvalue weighted by atomic mass is 16.3. The maximum Gasteiger partial charge on any atom is 0.137 e. The van der Waals surface area contributed by atoms with Crippen LogP contribution in [0.2, 0.25) is 0 Å². The monoisotopic (exact) mass is 294 g/mol. The molecule has 4 aromatic rings. The van der Waals surface area contributed by atoms with Crippen molar-refractivity contribution in [1.82, 2.24) is 29.4 Å². The third-order valence-electron chi connectivity index (χ3n) is 3.48. The van der Waals surface area contributed by atoms with Crippen LogP contribution in [0.4, 0.5) is 0 Å². The number of imidazole rings is 1. The number of fused-ring (bicyclic) bond motifs is 1. The average molecular weight is 294 g/mol. The minimum Gasteiger partial charge on any atom is -0.392 e. The van der Waals surface area contributed by atoms with Crippen molar-refractivity contribution >= 4 is 5.65 Å². The van der Waals surface area contributed by atoms with Crippen molar-refractivity contribution in [2.24, 2.45) is 0 Å². The lowest BCUT2D eigenvalue weighted by Gasteiger charge is -1.96. The van der Waals surface area contributed by atoms with Crippen molar-refractivity contribution in [2.45, 2.75) is 13.2 Å². The maximum atomic E-state index is 9.17. The number of aromatic amines is 1. The lowest BCUT2D eigenvalue weighted by atomic mass is 10.3. The molecule has 4 aromatic heterocycles. The van der Waals surface area contributed by atoms with Crippen LogP contribution >= 0.6 is 0 Å². The number of H-pyrrole nitrogens is 1. The molecule has 2 N–H and O–H groups in total. The SMILES string of the molecule is OCc1ccc2nc(Cn3cc(-c4ccc[nH]4)nn3)cn2c1. The van der Waals surface area contributed by atoms with E-state index in [4.69, 9.17) is 0 Å². The summed E-state index contributed by atoms with van der Waals surface area (Å²) in [6.07, 6.45) is 7.55. The molecule has 0 saturated carbocycles. The van der Waals surface area contributed by atoms with E-state index in [0.717, 1.165) is 28.3 Å². The number of hydrogen-bond acceptors (Lipinski definition) is 4. The molecule has 0 aliphatic heterocycles. The van der Waals surface area contributed by atoms with Gasteiger partial charge in [-0.2, -0.15) is 0 Å². The first kappa shape index (κ1) is 12.8. The zero-order chi connectivity index (χ0) is 14.9. The smallest absolute Gasteiger partial charge is 0.137 e. The van der Waals surface area contributed by atoms with Crippen molar-refractivity contribution in [3.05, 3.63) is 60.3 Å². The van der Waals surface area contributed by atoms with Crippen LogP contribution in [0.15, 0.2) is 49.1 Å². The number of nitrogens with zero attached hydrogens (tertiary/aromatic N) is 5. The Labute approximate surface area is 125 Å². The summed E-state index contributed by atoms with van der Waals surface area (Å²) < 4.78 is 3.66. The van der Waals surface area contributed by atoms with Gasteiger partial charge in [-0.25, -0.2) is 9.67 Å². The molecule has 7 heteroatoms. The zero-order valence-electron chi connectivity index (χ0n) is 11.7. The lowest BCUT2D eigenvalue weighted by Crippen LogP contribution is -2.00. The molecule has 0 aromatic carbocycles. The van der Waals surface area contributed by atoms with Gasteiger partial charge in [-0.15, -0.1) is 5.10 Å². The molecule has 0 aliphatic carbocycles. The summed E-state index contributed by atoms with van der Waals surface area (Å²) in [4.78, 5) is 7.65. The van der Waals surface area contributed by atoms with E-state index < -0.39 is 0 Å². The lowest BCUT2D eigenvalue weighted by molar-refractivity contribution is 0.281. The highest BCUT2D eigenvalue weighted by molar-refractivity contribution is 5.52. The fraction of sp³-hybridized carbons (Fsp3) is 0.133. The maximum absolute atomic E-state index is 9.17. The fourth-order valence-electron chi connectivity index (χ4n) is 2.41. The fourth-order valence-corrected chi connectivity index (χ4v) is 2.41. The van der Waals surface area contributed by atoms with Crippen LogP contribution in [0.5, 0.6) is 0 Å². The highest BCUT2D eigenvalue weighted by Gasteiger charge is 2.07. The largest absolute Gasteiger partial charge is 0.392 e. The number of hydrogen-bond donors (Lipinski definition) is 2. The van der Waals surface area contributed by atoms with Gasteiger partial charge in [0, 0.05) is 18.6 Å². The van der Waals surface area contributed by atoms with E-state index in [-0.39, 0.29) is 6.61 Å². The molecule has 0 saturated heterocycles. The number of aliphatic hydroxyl groups is 1. The molecule has 0 bridgehead atoms. The van der Waals surface area contributed by atoms with Crippen LogP contribution < -0.4 is 0 Å². The summed E-state index contributed by atoms with van der Waals surface area (Å²) in [5, 5.41) is 17.5. The number of pyridine rings is 1. The standard InChI is InChI=1S/C15H14N6O/c22-10-11-3-4-15-17-12(7-20(15)6-11)8-21-9-14(18-19-21)13-2-1-5-16-13/h1-7,9,16,22H,8,10H2. The molecule has 0 unspecified atom stereocenters. The van der Waals surface area contributed by atoms with Crippen molar-refractivity contribution in [3.63, 3.8) is 0 Å². The van der Waals surface area contributed by atoms with Crippen LogP contribution in [0, 0.1) is 0 Å². The molecule has 0 spiro atoms. The van der Waals surface area contributed by atoms with E-state index in [9.17, 15) is 5.11 Å². The van der Waals surface area contributed by atoms with Gasteiger partial charge in [-0.05, 0) is 23.8 Å². The normalized spacial score (nSPS) is 11.3. The van der Waals surface area contributed by atoms with Gasteiger partial charge in [0.05, 0.1) is 30.7 Å². The van der Waals surface area contributed by atoms with E-state index >= 15 is 0 Å². The quantitative estimate of drug-likeness (QED) is 0.597. The summed E-state index contributed by atoms with van der Waals surface area (Å²) in [5.74, 6) is 0. The topological polar surface area (TPSA) is 84.0 Å². The second-order valence-electron chi connectivity index (χ2n) is 5.08. The van der Waals surface area contributed by atoms with E-state index in [0.29, 0.717) is 6.54 Å². The number of rotatable bonds is 4. The second-order valence-corrected chi connectivity index (χ2v) is 5.08. The van der Waals surface area contributed by atoms with E-state index in [2.05, 4.69) is 20.3 Å². The van der Waals surface area contributed by atoms with Gasteiger partial charge in [0.1, 0.15) is 11.3 Å². The van der Waals surface area contributed by atoms with Crippen molar-refractivity contribution in [1.29, 1.82) is 0 Å². The molecule has 7 nitrogen and oxygen atoms in total. The van der Waals surface area contributed by atoms with E-state index in [1.165, 1.54) is 0 Å². The molecule has 4 rings (SSSR count). The Balaban J connectivity index is 1.60. The van der Waals surface area contributed by atoms with Crippen LogP contribution in [-0.2, 0) is 13.2 Å². The Hall–Kier alpha value is -2.93. The predicted octanol–water partition coefficient (Wildman–Crippen LogP) is 1.46. The van der Waals surface area contributed by atoms with Crippen LogP contribution in [0.1, 0.15) is 11.3 Å². The third kappa shape index (κ3) is 2.27. The van der Waals surface area contributed by atoms with Crippen LogP contribution in [0.3, 0.4) is 0 Å². The first-order valence-corrected chi connectivity index (χ1v) is 6.93. The van der Waals surface area contributed by atoms with Crippen LogP contribution in [-0.4, -0.2) is 34.5 Å². The minimum atomic E-state index is 0.0199. The first-order chi connectivity index (χ1) is 10.8. The summed E-state index contributed by atoms with van der Waals surface area (Å²) in [7, 11) is 0. The van der Waals surface area contributed by atoms with Gasteiger partial charge in [0.2, 0.25) is 0 Å². The summed E-state index contributed by atoms with van der Waals surface area (Å²) in [6.45, 7) is 0.565. The number of nitrogens with one attached hydrogen (secondary N) is 1. The Morgan fingerprint density at radius 1 is 1.14 bits per heavy atom. The molecule has 0 atom stereocenters. The molecule has 0 amide bonds. The Kier molecular flexibility index (Phi) is 2.97. The van der Waals surface area contributed by atoms with E-state index in [1.54, 1.807) is 4.68 Å². The molecular weight excluding hydrogens is 280 g/mol. The first-order valence-electron chi connectivity index (χ1n) is 6.93. The second kappa shape index (κ2) is 5.12. The third-order valence-corrected chi connectivity index (χ3v) is 3.48. The Morgan fingerprint density at radius 3 is 2.91 bits per heavy atom. The molecule has 0 fully saturated rings. The van der Waals surface area contributed by atoms with E-state index in [1.807, 2.05) is 53.5 Å². The Morgan fingerprint density at radius 2 is 2.09 bits per heavy atom. The molecular formula is C15H14N6O. The molecule has 0 radical (unpaired) electrons. The molecule has 4 heterocycles. The van der Waals surface area contributed by atoms with Gasteiger partial charge in [-0.1, -0.05) is 11.3 Å². The molecule has 110 valence electrons. The summed E-state index contributed by atoms with van der Waals surface area (Å²) in [5.41, 5.74) is 4.33.